The first-order valence-corrected chi connectivity index (χ1v) is 3.78. The molecule has 0 bridgehead atoms. The van der Waals surface area contributed by atoms with Gasteiger partial charge in [-0.25, -0.2) is 4.79 Å². The summed E-state index contributed by atoms with van der Waals surface area (Å²) in [6, 6.07) is 0. The highest BCUT2D eigenvalue weighted by Crippen LogP contribution is 1.75. The van der Waals surface area contributed by atoms with Crippen molar-refractivity contribution in [1.82, 2.24) is 5.32 Å². The number of nitrogens with one attached hydrogen (secondary N) is 1. The second kappa shape index (κ2) is 4.54. The van der Waals surface area contributed by atoms with Crippen LogP contribution < -0.4 is 5.32 Å². The van der Waals surface area contributed by atoms with Crippen LogP contribution in [0.3, 0.4) is 0 Å². The fourth-order valence-corrected chi connectivity index (χ4v) is 0.506. The minimum absolute atomic E-state index is 0.408. The van der Waals surface area contributed by atoms with Gasteiger partial charge in [0.1, 0.15) is 0 Å². The minimum atomic E-state index is -1.43. The first kappa shape index (κ1) is 8.67. The Morgan fingerprint density at radius 1 is 1.56 bits per heavy atom. The molecule has 0 aromatic rings. The van der Waals surface area contributed by atoms with Crippen molar-refractivity contribution in [2.45, 2.75) is 0 Å². The van der Waals surface area contributed by atoms with Crippen molar-refractivity contribution in [3.8, 4) is 0 Å². The first-order valence-electron chi connectivity index (χ1n) is 2.25. The number of halogens is 1. The Morgan fingerprint density at radius 3 is 2.44 bits per heavy atom. The summed E-state index contributed by atoms with van der Waals surface area (Å²) in [5.41, 5.74) is 0. The number of aliphatic carboxylic acids is 1. The van der Waals surface area contributed by atoms with Crippen LogP contribution in [0.2, 0.25) is 0 Å². The lowest BCUT2D eigenvalue weighted by molar-refractivity contribution is -0.150. The molecule has 0 aromatic carbocycles. The second-order valence-corrected chi connectivity index (χ2v) is 2.33. The highest BCUT2D eigenvalue weighted by Gasteiger charge is 2.07. The molecule has 0 saturated heterocycles. The van der Waals surface area contributed by atoms with Gasteiger partial charge in [0.15, 0.2) is 0 Å². The lowest BCUT2D eigenvalue weighted by Gasteiger charge is -1.94. The molecular weight excluding hydrogens is 237 g/mol. The summed E-state index contributed by atoms with van der Waals surface area (Å²) in [6.45, 7) is 0.408. The fourth-order valence-electron chi connectivity index (χ4n) is 0.236. The normalized spacial score (nSPS) is 8.56. The topological polar surface area (TPSA) is 66.4 Å². The number of rotatable bonds is 2. The maximum absolute atomic E-state index is 10.2. The van der Waals surface area contributed by atoms with E-state index < -0.39 is 11.9 Å². The predicted molar refractivity (Wildman–Crippen MR) is 39.5 cm³/mol. The van der Waals surface area contributed by atoms with Gasteiger partial charge in [-0.1, -0.05) is 22.6 Å². The molecule has 0 saturated carbocycles. The number of carbonyl (C=O) groups excluding carboxylic acids is 1. The summed E-state index contributed by atoms with van der Waals surface area (Å²) in [6.07, 6.45) is 0. The Labute approximate surface area is 65.8 Å². The third kappa shape index (κ3) is 4.19. The molecule has 0 radical (unpaired) electrons. The summed E-state index contributed by atoms with van der Waals surface area (Å²) < 4.78 is 0.719. The van der Waals surface area contributed by atoms with Crippen LogP contribution in [0.4, 0.5) is 0 Å². The molecule has 0 aromatic heterocycles. The van der Waals surface area contributed by atoms with Crippen LogP contribution in [0.15, 0.2) is 0 Å². The number of alkyl halides is 1. The smallest absolute Gasteiger partial charge is 0.394 e. The molecule has 0 heterocycles. The van der Waals surface area contributed by atoms with E-state index in [2.05, 4.69) is 5.32 Å². The van der Waals surface area contributed by atoms with E-state index in [-0.39, 0.29) is 0 Å². The number of hydrogen-bond donors (Lipinski definition) is 2. The Bertz CT molecular complexity index is 125. The molecule has 0 spiro atoms. The van der Waals surface area contributed by atoms with E-state index >= 15 is 0 Å². The average Bonchev–Trinajstić information content (AvgIpc) is 1.82. The SMILES string of the molecule is O=C(O)C(=O)NCCI. The van der Waals surface area contributed by atoms with E-state index in [1.165, 1.54) is 0 Å². The average molecular weight is 243 g/mol. The van der Waals surface area contributed by atoms with Gasteiger partial charge in [-0.05, 0) is 0 Å². The molecule has 0 aliphatic rings. The summed E-state index contributed by atoms with van der Waals surface area (Å²) in [5, 5.41) is 10.2. The van der Waals surface area contributed by atoms with Gasteiger partial charge in [0, 0.05) is 11.0 Å². The van der Waals surface area contributed by atoms with E-state index in [1.807, 2.05) is 22.6 Å². The van der Waals surface area contributed by atoms with Crippen molar-refractivity contribution in [2.75, 3.05) is 11.0 Å². The highest BCUT2D eigenvalue weighted by molar-refractivity contribution is 14.1. The van der Waals surface area contributed by atoms with Gasteiger partial charge in [-0.2, -0.15) is 0 Å². The van der Waals surface area contributed by atoms with E-state index in [1.54, 1.807) is 0 Å². The molecule has 4 nitrogen and oxygen atoms in total. The van der Waals surface area contributed by atoms with E-state index in [9.17, 15) is 9.59 Å². The third-order valence-corrected chi connectivity index (χ3v) is 1.11. The molecule has 5 heteroatoms. The fraction of sp³-hybridized carbons (Fsp3) is 0.500. The van der Waals surface area contributed by atoms with Gasteiger partial charge < -0.3 is 10.4 Å². The van der Waals surface area contributed by atoms with Crippen LogP contribution in [0.5, 0.6) is 0 Å². The van der Waals surface area contributed by atoms with Crippen molar-refractivity contribution in [3.05, 3.63) is 0 Å². The Kier molecular flexibility index (Phi) is 4.37. The van der Waals surface area contributed by atoms with E-state index in [4.69, 9.17) is 5.11 Å². The van der Waals surface area contributed by atoms with Crippen molar-refractivity contribution in [3.63, 3.8) is 0 Å². The first-order chi connectivity index (χ1) is 4.18. The lowest BCUT2D eigenvalue weighted by Crippen LogP contribution is -2.31. The lowest BCUT2D eigenvalue weighted by atomic mass is 10.6. The van der Waals surface area contributed by atoms with Gasteiger partial charge in [-0.3, -0.25) is 4.79 Å². The zero-order valence-corrected chi connectivity index (χ0v) is 6.71. The molecular formula is C4H6INO3. The highest BCUT2D eigenvalue weighted by atomic mass is 127. The third-order valence-electron chi connectivity index (χ3n) is 0.574. The van der Waals surface area contributed by atoms with Crippen LogP contribution in [0, 0.1) is 0 Å². The predicted octanol–water partition coefficient (Wildman–Crippen LogP) is -0.378. The van der Waals surface area contributed by atoms with Crippen LogP contribution in [-0.2, 0) is 9.59 Å². The van der Waals surface area contributed by atoms with Gasteiger partial charge in [0.25, 0.3) is 0 Å². The van der Waals surface area contributed by atoms with Gasteiger partial charge in [0.05, 0.1) is 0 Å². The Hall–Kier alpha value is -0.330. The molecule has 1 amide bonds. The van der Waals surface area contributed by atoms with Gasteiger partial charge >= 0.3 is 11.9 Å². The van der Waals surface area contributed by atoms with Crippen molar-refractivity contribution in [1.29, 1.82) is 0 Å². The summed E-state index contributed by atoms with van der Waals surface area (Å²) in [4.78, 5) is 20.0. The summed E-state index contributed by atoms with van der Waals surface area (Å²) >= 11 is 2.04. The molecule has 0 unspecified atom stereocenters. The van der Waals surface area contributed by atoms with Gasteiger partial charge in [0.2, 0.25) is 0 Å². The summed E-state index contributed by atoms with van der Waals surface area (Å²) in [7, 11) is 0. The Morgan fingerprint density at radius 2 is 2.11 bits per heavy atom. The minimum Gasteiger partial charge on any atom is -0.474 e. The largest absolute Gasteiger partial charge is 0.474 e. The van der Waals surface area contributed by atoms with E-state index in [0.29, 0.717) is 6.54 Å². The zero-order valence-electron chi connectivity index (χ0n) is 4.56. The van der Waals surface area contributed by atoms with Crippen LogP contribution in [0.25, 0.3) is 0 Å². The van der Waals surface area contributed by atoms with E-state index in [0.717, 1.165) is 4.43 Å². The number of hydrogen-bond acceptors (Lipinski definition) is 2. The van der Waals surface area contributed by atoms with Crippen molar-refractivity contribution >= 4 is 34.5 Å². The molecule has 0 aliphatic carbocycles. The van der Waals surface area contributed by atoms with Crippen molar-refractivity contribution < 1.29 is 14.7 Å². The van der Waals surface area contributed by atoms with Crippen LogP contribution in [0.1, 0.15) is 0 Å². The molecule has 0 fully saturated rings. The van der Waals surface area contributed by atoms with Gasteiger partial charge in [-0.15, -0.1) is 0 Å². The molecule has 0 aliphatic heterocycles. The quantitative estimate of drug-likeness (QED) is 0.394. The number of carboxylic acid groups (broad SMARTS) is 1. The van der Waals surface area contributed by atoms with Crippen molar-refractivity contribution in [2.24, 2.45) is 0 Å². The molecule has 2 N–H and O–H groups in total. The van der Waals surface area contributed by atoms with Crippen LogP contribution >= 0.6 is 22.6 Å². The Balaban J connectivity index is 3.39. The van der Waals surface area contributed by atoms with Crippen LogP contribution in [-0.4, -0.2) is 28.0 Å². The molecule has 52 valence electrons. The number of amides is 1. The number of carboxylic acids is 1. The maximum Gasteiger partial charge on any atom is 0.394 e. The zero-order chi connectivity index (χ0) is 7.28. The standard InChI is InChI=1S/C4H6INO3/c5-1-2-6-3(7)4(8)9/h1-2H2,(H,6,7)(H,8,9). The molecule has 0 atom stereocenters. The maximum atomic E-state index is 10.2. The monoisotopic (exact) mass is 243 g/mol. The second-order valence-electron chi connectivity index (χ2n) is 1.25. The summed E-state index contributed by atoms with van der Waals surface area (Å²) in [5.74, 6) is -2.37. The molecule has 9 heavy (non-hydrogen) atoms. The molecule has 0 rings (SSSR count). The number of carbonyl (C=O) groups is 2.